The Labute approximate surface area is 176 Å². The molecule has 4 nitrogen and oxygen atoms in total. The highest BCUT2D eigenvalue weighted by Crippen LogP contribution is 2.37. The molecule has 150 valence electrons. The highest BCUT2D eigenvalue weighted by atomic mass is 16.3. The topological polar surface area (TPSA) is 34.8 Å². The number of rotatable bonds is 2. The molecule has 0 saturated heterocycles. The summed E-state index contributed by atoms with van der Waals surface area (Å²) in [6.07, 6.45) is 0. The molecule has 30 heavy (non-hydrogen) atoms. The molecule has 0 N–H and O–H groups in total. The number of para-hydroxylation sites is 2. The van der Waals surface area contributed by atoms with Crippen LogP contribution >= 0.6 is 0 Å². The number of hydrogen-bond donors (Lipinski definition) is 0. The predicted octanol–water partition coefficient (Wildman–Crippen LogP) is 6.00. The molecular weight excluding hydrogens is 370 g/mol. The van der Waals surface area contributed by atoms with Crippen molar-refractivity contribution in [2.24, 2.45) is 7.05 Å². The van der Waals surface area contributed by atoms with E-state index in [9.17, 15) is 0 Å². The molecular formula is C26H26N3O+. The first-order chi connectivity index (χ1) is 14.4. The van der Waals surface area contributed by atoms with Crippen molar-refractivity contribution in [1.82, 2.24) is 9.55 Å². The highest BCUT2D eigenvalue weighted by molar-refractivity contribution is 5.92. The molecule has 2 aromatic heterocycles. The number of hydrogen-bond acceptors (Lipinski definition) is 2. The summed E-state index contributed by atoms with van der Waals surface area (Å²) in [5.74, 6) is 1.78. The molecule has 0 atom stereocenters. The van der Waals surface area contributed by atoms with Gasteiger partial charge in [0.05, 0.1) is 7.05 Å². The van der Waals surface area contributed by atoms with Crippen molar-refractivity contribution in [2.45, 2.75) is 33.2 Å². The molecule has 3 aromatic carbocycles. The molecule has 5 aromatic rings. The third kappa shape index (κ3) is 2.75. The van der Waals surface area contributed by atoms with Gasteiger partial charge in [0.15, 0.2) is 16.6 Å². The minimum Gasteiger partial charge on any atom is -0.435 e. The van der Waals surface area contributed by atoms with Gasteiger partial charge in [0.25, 0.3) is 5.82 Å². The summed E-state index contributed by atoms with van der Waals surface area (Å²) in [5, 5.41) is 0. The van der Waals surface area contributed by atoms with Gasteiger partial charge < -0.3 is 4.42 Å². The number of imidazole rings is 1. The first kappa shape index (κ1) is 18.6. The lowest BCUT2D eigenvalue weighted by molar-refractivity contribution is -0.634. The van der Waals surface area contributed by atoms with Crippen LogP contribution < -0.4 is 4.57 Å². The monoisotopic (exact) mass is 396 g/mol. The van der Waals surface area contributed by atoms with Gasteiger partial charge in [-0.3, -0.25) is 0 Å². The molecule has 2 heterocycles. The number of aryl methyl sites for hydroxylation is 2. The maximum atomic E-state index is 6.40. The van der Waals surface area contributed by atoms with E-state index in [2.05, 4.69) is 74.2 Å². The molecule has 4 heteroatoms. The van der Waals surface area contributed by atoms with E-state index in [1.54, 1.807) is 0 Å². The van der Waals surface area contributed by atoms with Crippen molar-refractivity contribution in [3.8, 4) is 22.8 Å². The molecule has 0 radical (unpaired) electrons. The van der Waals surface area contributed by atoms with Gasteiger partial charge in [-0.15, -0.1) is 0 Å². The van der Waals surface area contributed by atoms with Crippen LogP contribution in [0, 0.1) is 6.92 Å². The Hall–Kier alpha value is -3.40. The summed E-state index contributed by atoms with van der Waals surface area (Å²) in [5.41, 5.74) is 7.25. The fraction of sp³-hybridized carbons (Fsp3) is 0.231. The molecule has 0 unspecified atom stereocenters. The zero-order valence-corrected chi connectivity index (χ0v) is 18.1. The van der Waals surface area contributed by atoms with Crippen molar-refractivity contribution in [3.63, 3.8) is 0 Å². The van der Waals surface area contributed by atoms with Gasteiger partial charge in [-0.25, -0.2) is 14.1 Å². The van der Waals surface area contributed by atoms with E-state index in [4.69, 9.17) is 9.40 Å². The van der Waals surface area contributed by atoms with Crippen LogP contribution in [0.1, 0.15) is 26.3 Å². The predicted molar refractivity (Wildman–Crippen MR) is 121 cm³/mol. The van der Waals surface area contributed by atoms with E-state index >= 15 is 0 Å². The van der Waals surface area contributed by atoms with E-state index in [0.29, 0.717) is 5.89 Å². The van der Waals surface area contributed by atoms with E-state index < -0.39 is 0 Å². The third-order valence-electron chi connectivity index (χ3n) is 5.69. The highest BCUT2D eigenvalue weighted by Gasteiger charge is 2.34. The van der Waals surface area contributed by atoms with Crippen LogP contribution in [0.4, 0.5) is 0 Å². The third-order valence-corrected chi connectivity index (χ3v) is 5.69. The molecule has 0 aliphatic rings. The van der Waals surface area contributed by atoms with Gasteiger partial charge in [0.1, 0.15) is 16.6 Å². The second kappa shape index (κ2) is 6.56. The van der Waals surface area contributed by atoms with Crippen LogP contribution in [0.25, 0.3) is 45.0 Å². The van der Waals surface area contributed by atoms with Crippen LogP contribution in [-0.2, 0) is 12.6 Å². The molecule has 0 spiro atoms. The zero-order chi connectivity index (χ0) is 21.0. The summed E-state index contributed by atoms with van der Waals surface area (Å²) >= 11 is 0. The molecule has 0 saturated carbocycles. The van der Waals surface area contributed by atoms with E-state index in [0.717, 1.165) is 28.1 Å². The number of nitrogens with zero attached hydrogens (tertiary/aromatic N) is 3. The van der Waals surface area contributed by atoms with E-state index in [1.807, 2.05) is 36.4 Å². The number of oxazole rings is 1. The largest absolute Gasteiger partial charge is 0.435 e. The summed E-state index contributed by atoms with van der Waals surface area (Å²) in [6, 6.07) is 22.8. The maximum Gasteiger partial charge on any atom is 0.294 e. The van der Waals surface area contributed by atoms with E-state index in [-0.39, 0.29) is 5.54 Å². The Morgan fingerprint density at radius 3 is 2.33 bits per heavy atom. The SMILES string of the molecule is Cc1ccc2nc(-c3ccccc3)oc2c1-c1n(C(C)(C)C)c2ccccc2[n+]1C. The van der Waals surface area contributed by atoms with Crippen LogP contribution in [0.2, 0.25) is 0 Å². The average Bonchev–Trinajstić information content (AvgIpc) is 3.28. The Morgan fingerprint density at radius 1 is 0.900 bits per heavy atom. The van der Waals surface area contributed by atoms with Gasteiger partial charge in [-0.1, -0.05) is 36.4 Å². The first-order valence-electron chi connectivity index (χ1n) is 10.3. The fourth-order valence-electron chi connectivity index (χ4n) is 4.35. The molecule has 0 amide bonds. The first-order valence-corrected chi connectivity index (χ1v) is 10.3. The summed E-state index contributed by atoms with van der Waals surface area (Å²) in [6.45, 7) is 8.88. The summed E-state index contributed by atoms with van der Waals surface area (Å²) < 4.78 is 11.1. The van der Waals surface area contributed by atoms with Gasteiger partial charge in [-0.05, 0) is 63.6 Å². The van der Waals surface area contributed by atoms with Crippen LogP contribution in [0.15, 0.2) is 71.1 Å². The minimum absolute atomic E-state index is 0.104. The Kier molecular flexibility index (Phi) is 4.07. The summed E-state index contributed by atoms with van der Waals surface area (Å²) in [7, 11) is 2.13. The molecule has 5 rings (SSSR count). The van der Waals surface area contributed by atoms with Gasteiger partial charge in [0, 0.05) is 5.56 Å². The average molecular weight is 397 g/mol. The van der Waals surface area contributed by atoms with Crippen LogP contribution in [-0.4, -0.2) is 9.55 Å². The molecule has 0 aliphatic carbocycles. The van der Waals surface area contributed by atoms with Crippen molar-refractivity contribution >= 4 is 22.1 Å². The number of benzene rings is 3. The van der Waals surface area contributed by atoms with E-state index in [1.165, 1.54) is 16.6 Å². The molecule has 0 bridgehead atoms. The quantitative estimate of drug-likeness (QED) is 0.343. The Balaban J connectivity index is 1.89. The molecule has 0 fully saturated rings. The van der Waals surface area contributed by atoms with Gasteiger partial charge >= 0.3 is 0 Å². The van der Waals surface area contributed by atoms with Crippen LogP contribution in [0.5, 0.6) is 0 Å². The lowest BCUT2D eigenvalue weighted by atomic mass is 10.0. The zero-order valence-electron chi connectivity index (χ0n) is 18.1. The van der Waals surface area contributed by atoms with Gasteiger partial charge in [-0.2, -0.15) is 0 Å². The van der Waals surface area contributed by atoms with Crippen molar-refractivity contribution < 1.29 is 8.98 Å². The van der Waals surface area contributed by atoms with Gasteiger partial charge in [0.2, 0.25) is 5.89 Å². The number of aromatic nitrogens is 3. The minimum atomic E-state index is -0.104. The van der Waals surface area contributed by atoms with Crippen molar-refractivity contribution in [3.05, 3.63) is 72.3 Å². The lowest BCUT2D eigenvalue weighted by Gasteiger charge is -2.18. The Morgan fingerprint density at radius 2 is 1.60 bits per heavy atom. The van der Waals surface area contributed by atoms with Crippen molar-refractivity contribution in [2.75, 3.05) is 0 Å². The maximum absolute atomic E-state index is 6.40. The van der Waals surface area contributed by atoms with Crippen LogP contribution in [0.3, 0.4) is 0 Å². The van der Waals surface area contributed by atoms with Crippen molar-refractivity contribution in [1.29, 1.82) is 0 Å². The number of fused-ring (bicyclic) bond motifs is 2. The second-order valence-electron chi connectivity index (χ2n) is 8.87. The lowest BCUT2D eigenvalue weighted by Crippen LogP contribution is -2.33. The second-order valence-corrected chi connectivity index (χ2v) is 8.87. The standard InChI is InChI=1S/C26H26N3O/c1-17-15-16-19-23(30-24(27-19)18-11-7-6-8-12-18)22(17)25-28(5)20-13-9-10-14-21(20)29(25)26(2,3)4/h6-16H,1-5H3/q+1. The molecule has 0 aliphatic heterocycles. The summed E-state index contributed by atoms with van der Waals surface area (Å²) in [4.78, 5) is 4.80. The fourth-order valence-corrected chi connectivity index (χ4v) is 4.35. The normalized spacial score (nSPS) is 12.2. The Bertz CT molecular complexity index is 1390. The smallest absolute Gasteiger partial charge is 0.294 e.